The van der Waals surface area contributed by atoms with E-state index in [2.05, 4.69) is 9.97 Å². The van der Waals surface area contributed by atoms with Crippen molar-refractivity contribution in [3.05, 3.63) is 36.2 Å². The van der Waals surface area contributed by atoms with Gasteiger partial charge in [-0.2, -0.15) is 0 Å². The van der Waals surface area contributed by atoms with Gasteiger partial charge in [0.1, 0.15) is 5.60 Å². The summed E-state index contributed by atoms with van der Waals surface area (Å²) in [4.78, 5) is 22.8. The van der Waals surface area contributed by atoms with Crippen LogP contribution in [0.1, 0.15) is 26.5 Å². The fourth-order valence-corrected chi connectivity index (χ4v) is 3.02. The molecule has 3 heterocycles. The summed E-state index contributed by atoms with van der Waals surface area (Å²) in [5, 5.41) is 1.02. The van der Waals surface area contributed by atoms with E-state index in [1.54, 1.807) is 18.1 Å². The van der Waals surface area contributed by atoms with E-state index in [-0.39, 0.29) is 11.5 Å². The molecule has 0 aliphatic carbocycles. The third-order valence-electron chi connectivity index (χ3n) is 4.17. The minimum Gasteiger partial charge on any atom is -0.444 e. The van der Waals surface area contributed by atoms with E-state index in [0.29, 0.717) is 19.8 Å². The van der Waals surface area contributed by atoms with Crippen LogP contribution in [-0.2, 0) is 15.9 Å². The molecule has 134 valence electrons. The molecule has 1 aliphatic heterocycles. The first-order chi connectivity index (χ1) is 11.8. The van der Waals surface area contributed by atoms with Crippen LogP contribution in [0.5, 0.6) is 0 Å². The van der Waals surface area contributed by atoms with E-state index < -0.39 is 5.60 Å². The third kappa shape index (κ3) is 4.25. The molecule has 6 nitrogen and oxygen atoms in total. The summed E-state index contributed by atoms with van der Waals surface area (Å²) in [6, 6.07) is 7.96. The van der Waals surface area contributed by atoms with Crippen molar-refractivity contribution in [3.8, 4) is 0 Å². The first-order valence-corrected chi connectivity index (χ1v) is 8.49. The molecule has 1 saturated heterocycles. The first kappa shape index (κ1) is 17.6. The Morgan fingerprint density at radius 3 is 2.72 bits per heavy atom. The predicted octanol–water partition coefficient (Wildman–Crippen LogP) is 3.06. The zero-order valence-electron chi connectivity index (χ0n) is 15.3. The lowest BCUT2D eigenvalue weighted by Crippen LogP contribution is -2.53. The van der Waals surface area contributed by atoms with Crippen LogP contribution >= 0.6 is 0 Å². The van der Waals surface area contributed by atoms with Gasteiger partial charge >= 0.3 is 6.09 Å². The molecule has 1 fully saturated rings. The number of fused-ring (bicyclic) bond motifs is 1. The van der Waals surface area contributed by atoms with Crippen molar-refractivity contribution in [1.29, 1.82) is 0 Å². The van der Waals surface area contributed by atoms with Crippen LogP contribution in [0, 0.1) is 5.41 Å². The van der Waals surface area contributed by atoms with Gasteiger partial charge in [0, 0.05) is 42.7 Å². The highest BCUT2D eigenvalue weighted by atomic mass is 16.6. The molecule has 0 N–H and O–H groups in total. The Hall–Kier alpha value is -2.21. The first-order valence-electron chi connectivity index (χ1n) is 8.49. The molecule has 0 aromatic carbocycles. The molecule has 0 radical (unpaired) electrons. The standard InChI is InChI=1S/C19H25N3O3/c1-18(2,3)25-17(23)22(4)11-19(12-24-13-19)10-15-8-7-14-6-5-9-20-16(14)21-15/h5-9H,10-13H2,1-4H3. The van der Waals surface area contributed by atoms with E-state index in [0.717, 1.165) is 23.1 Å². The Bertz CT molecular complexity index is 766. The molecule has 2 aromatic rings. The lowest BCUT2D eigenvalue weighted by atomic mass is 9.80. The van der Waals surface area contributed by atoms with Gasteiger partial charge in [-0.3, -0.25) is 0 Å². The maximum Gasteiger partial charge on any atom is 0.410 e. The molecule has 3 rings (SSSR count). The summed E-state index contributed by atoms with van der Waals surface area (Å²) in [6.07, 6.45) is 2.18. The topological polar surface area (TPSA) is 64.5 Å². The number of nitrogens with zero attached hydrogens (tertiary/aromatic N) is 3. The van der Waals surface area contributed by atoms with Gasteiger partial charge < -0.3 is 14.4 Å². The summed E-state index contributed by atoms with van der Waals surface area (Å²) < 4.78 is 10.9. The third-order valence-corrected chi connectivity index (χ3v) is 4.17. The average Bonchev–Trinajstić information content (AvgIpc) is 2.51. The molecule has 0 atom stereocenters. The molecule has 0 bridgehead atoms. The van der Waals surface area contributed by atoms with E-state index in [4.69, 9.17) is 9.47 Å². The van der Waals surface area contributed by atoms with Crippen molar-refractivity contribution in [3.63, 3.8) is 0 Å². The van der Waals surface area contributed by atoms with Crippen molar-refractivity contribution in [1.82, 2.24) is 14.9 Å². The zero-order valence-corrected chi connectivity index (χ0v) is 15.3. The molecule has 2 aromatic heterocycles. The summed E-state index contributed by atoms with van der Waals surface area (Å²) in [5.41, 5.74) is 1.09. The molecule has 0 spiro atoms. The highest BCUT2D eigenvalue weighted by Gasteiger charge is 2.41. The van der Waals surface area contributed by atoms with Crippen molar-refractivity contribution in [2.24, 2.45) is 5.41 Å². The van der Waals surface area contributed by atoms with Crippen LogP contribution in [0.3, 0.4) is 0 Å². The Kier molecular flexibility index (Phi) is 4.64. The lowest BCUT2D eigenvalue weighted by Gasteiger charge is -2.43. The van der Waals surface area contributed by atoms with Gasteiger partial charge in [0.25, 0.3) is 0 Å². The van der Waals surface area contributed by atoms with Gasteiger partial charge in [-0.05, 0) is 45.0 Å². The monoisotopic (exact) mass is 343 g/mol. The second-order valence-corrected chi connectivity index (χ2v) is 7.86. The second kappa shape index (κ2) is 6.59. The van der Waals surface area contributed by atoms with Gasteiger partial charge in [-0.25, -0.2) is 14.8 Å². The fraction of sp³-hybridized carbons (Fsp3) is 0.526. The Balaban J connectivity index is 1.71. The Morgan fingerprint density at radius 1 is 1.32 bits per heavy atom. The number of hydrogen-bond acceptors (Lipinski definition) is 5. The van der Waals surface area contributed by atoms with Crippen molar-refractivity contribution in [2.75, 3.05) is 26.8 Å². The van der Waals surface area contributed by atoms with Crippen LogP contribution in [0.2, 0.25) is 0 Å². The van der Waals surface area contributed by atoms with Crippen molar-refractivity contribution < 1.29 is 14.3 Å². The molecular formula is C19H25N3O3. The maximum absolute atomic E-state index is 12.2. The molecule has 0 unspecified atom stereocenters. The van der Waals surface area contributed by atoms with Crippen LogP contribution < -0.4 is 0 Å². The normalized spacial score (nSPS) is 16.3. The molecule has 6 heteroatoms. The summed E-state index contributed by atoms with van der Waals surface area (Å²) >= 11 is 0. The van der Waals surface area contributed by atoms with Crippen molar-refractivity contribution >= 4 is 17.1 Å². The quantitative estimate of drug-likeness (QED) is 0.854. The minimum absolute atomic E-state index is 0.124. The van der Waals surface area contributed by atoms with Crippen LogP contribution in [0.15, 0.2) is 30.5 Å². The van der Waals surface area contributed by atoms with Gasteiger partial charge in [0.05, 0.1) is 13.2 Å². The SMILES string of the molecule is CN(CC1(Cc2ccc3cccnc3n2)COC1)C(=O)OC(C)(C)C. The summed E-state index contributed by atoms with van der Waals surface area (Å²) in [7, 11) is 1.77. The highest BCUT2D eigenvalue weighted by Crippen LogP contribution is 2.33. The van der Waals surface area contributed by atoms with E-state index in [1.807, 2.05) is 45.0 Å². The molecule has 1 amide bonds. The smallest absolute Gasteiger partial charge is 0.410 e. The van der Waals surface area contributed by atoms with Gasteiger partial charge in [-0.15, -0.1) is 0 Å². The highest BCUT2D eigenvalue weighted by molar-refractivity contribution is 5.74. The fourth-order valence-electron chi connectivity index (χ4n) is 3.02. The second-order valence-electron chi connectivity index (χ2n) is 7.86. The van der Waals surface area contributed by atoms with E-state index in [9.17, 15) is 4.79 Å². The van der Waals surface area contributed by atoms with Crippen molar-refractivity contribution in [2.45, 2.75) is 32.8 Å². The number of pyridine rings is 2. The summed E-state index contributed by atoms with van der Waals surface area (Å²) in [6.45, 7) is 7.40. The van der Waals surface area contributed by atoms with Crippen LogP contribution in [0.4, 0.5) is 4.79 Å². The number of amides is 1. The lowest BCUT2D eigenvalue weighted by molar-refractivity contribution is -0.123. The molecular weight excluding hydrogens is 318 g/mol. The van der Waals surface area contributed by atoms with Crippen LogP contribution in [0.25, 0.3) is 11.0 Å². The number of carbonyl (C=O) groups is 1. The van der Waals surface area contributed by atoms with E-state index in [1.165, 1.54) is 0 Å². The Morgan fingerprint density at radius 2 is 2.08 bits per heavy atom. The number of rotatable bonds is 4. The van der Waals surface area contributed by atoms with Crippen LogP contribution in [-0.4, -0.2) is 53.4 Å². The minimum atomic E-state index is -0.500. The molecule has 25 heavy (non-hydrogen) atoms. The van der Waals surface area contributed by atoms with Gasteiger partial charge in [-0.1, -0.05) is 0 Å². The number of hydrogen-bond donors (Lipinski definition) is 0. The largest absolute Gasteiger partial charge is 0.444 e. The van der Waals surface area contributed by atoms with Gasteiger partial charge in [0.2, 0.25) is 0 Å². The number of carbonyl (C=O) groups excluding carboxylic acids is 1. The average molecular weight is 343 g/mol. The number of aromatic nitrogens is 2. The van der Waals surface area contributed by atoms with E-state index >= 15 is 0 Å². The Labute approximate surface area is 148 Å². The molecule has 1 aliphatic rings. The predicted molar refractivity (Wildman–Crippen MR) is 95.4 cm³/mol. The zero-order chi connectivity index (χ0) is 18.1. The maximum atomic E-state index is 12.2. The molecule has 0 saturated carbocycles. The number of ether oxygens (including phenoxy) is 2. The summed E-state index contributed by atoms with van der Waals surface area (Å²) in [5.74, 6) is 0. The van der Waals surface area contributed by atoms with Gasteiger partial charge in [0.15, 0.2) is 5.65 Å².